The lowest BCUT2D eigenvalue weighted by molar-refractivity contribution is -0.117. The monoisotopic (exact) mass is 293 g/mol. The van der Waals surface area contributed by atoms with E-state index >= 15 is 0 Å². The largest absolute Gasteiger partial charge is 0.307 e. The second kappa shape index (κ2) is 5.72. The summed E-state index contributed by atoms with van der Waals surface area (Å²) in [7, 11) is 0. The van der Waals surface area contributed by atoms with Gasteiger partial charge in [0.15, 0.2) is 0 Å². The molecular formula is C18H19N3O. The van der Waals surface area contributed by atoms with Crippen LogP contribution in [0.2, 0.25) is 0 Å². The summed E-state index contributed by atoms with van der Waals surface area (Å²) in [4.78, 5) is 23.5. The molecule has 1 aromatic carbocycles. The molecule has 0 unspecified atom stereocenters. The van der Waals surface area contributed by atoms with Crippen molar-refractivity contribution in [1.82, 2.24) is 4.98 Å². The Kier molecular flexibility index (Phi) is 3.75. The third-order valence-electron chi connectivity index (χ3n) is 3.74. The second-order valence-corrected chi connectivity index (χ2v) is 5.83. The Morgan fingerprint density at radius 1 is 1.23 bits per heavy atom. The Balaban J connectivity index is 2.16. The molecule has 0 saturated heterocycles. The summed E-state index contributed by atoms with van der Waals surface area (Å²) in [5, 5.41) is 0. The molecule has 4 nitrogen and oxygen atoms in total. The Hall–Kier alpha value is -2.49. The highest BCUT2D eigenvalue weighted by molar-refractivity contribution is 6.17. The summed E-state index contributed by atoms with van der Waals surface area (Å²) < 4.78 is 0. The quantitative estimate of drug-likeness (QED) is 0.848. The minimum atomic E-state index is 0.0713. The summed E-state index contributed by atoms with van der Waals surface area (Å²) in [5.74, 6) is 0.0713. The molecule has 22 heavy (non-hydrogen) atoms. The van der Waals surface area contributed by atoms with Gasteiger partial charge in [0.1, 0.15) is 0 Å². The van der Waals surface area contributed by atoms with Crippen molar-refractivity contribution in [2.24, 2.45) is 4.99 Å². The highest BCUT2D eigenvalue weighted by Gasteiger charge is 2.26. The van der Waals surface area contributed by atoms with Crippen molar-refractivity contribution < 1.29 is 4.79 Å². The topological polar surface area (TPSA) is 45.6 Å². The van der Waals surface area contributed by atoms with Crippen LogP contribution in [0.1, 0.15) is 31.4 Å². The molecule has 0 bridgehead atoms. The Labute approximate surface area is 130 Å². The first-order valence-corrected chi connectivity index (χ1v) is 7.47. The zero-order valence-electron chi connectivity index (χ0n) is 13.1. The van der Waals surface area contributed by atoms with Crippen molar-refractivity contribution in [3.05, 3.63) is 53.9 Å². The van der Waals surface area contributed by atoms with Crippen LogP contribution in [0.25, 0.3) is 0 Å². The van der Waals surface area contributed by atoms with Gasteiger partial charge in [-0.15, -0.1) is 0 Å². The molecule has 0 fully saturated rings. The van der Waals surface area contributed by atoms with Crippen LogP contribution in [0.15, 0.2) is 47.7 Å². The van der Waals surface area contributed by atoms with Gasteiger partial charge < -0.3 is 4.90 Å². The second-order valence-electron chi connectivity index (χ2n) is 5.83. The lowest BCUT2D eigenvalue weighted by Crippen LogP contribution is -2.37. The van der Waals surface area contributed by atoms with Crippen molar-refractivity contribution in [2.75, 3.05) is 4.90 Å². The summed E-state index contributed by atoms with van der Waals surface area (Å²) in [5.41, 5.74) is 4.51. The molecule has 0 atom stereocenters. The van der Waals surface area contributed by atoms with Crippen molar-refractivity contribution in [3.8, 4) is 0 Å². The highest BCUT2D eigenvalue weighted by Crippen LogP contribution is 2.35. The van der Waals surface area contributed by atoms with Gasteiger partial charge >= 0.3 is 0 Å². The number of rotatable bonds is 2. The van der Waals surface area contributed by atoms with Crippen molar-refractivity contribution in [1.29, 1.82) is 0 Å². The molecule has 1 amide bonds. The van der Waals surface area contributed by atoms with E-state index in [2.05, 4.69) is 4.98 Å². The van der Waals surface area contributed by atoms with Gasteiger partial charge in [0.05, 0.1) is 23.5 Å². The van der Waals surface area contributed by atoms with Gasteiger partial charge in [-0.05, 0) is 44.5 Å². The number of nitrogens with zero attached hydrogens (tertiary/aromatic N) is 3. The number of aromatic nitrogens is 1. The van der Waals surface area contributed by atoms with E-state index in [-0.39, 0.29) is 18.4 Å². The lowest BCUT2D eigenvalue weighted by Gasteiger charge is -2.26. The number of benzene rings is 1. The van der Waals surface area contributed by atoms with Gasteiger partial charge in [-0.1, -0.05) is 12.1 Å². The maximum atomic E-state index is 12.7. The number of carbonyl (C=O) groups is 1. The van der Waals surface area contributed by atoms with Gasteiger partial charge in [-0.25, -0.2) is 0 Å². The number of hydrogen-bond acceptors (Lipinski definition) is 3. The van der Waals surface area contributed by atoms with Crippen LogP contribution in [0.5, 0.6) is 0 Å². The van der Waals surface area contributed by atoms with Gasteiger partial charge in [0.2, 0.25) is 5.91 Å². The number of fused-ring (bicyclic) bond motifs is 1. The standard InChI is InChI=1S/C18H19N3O/c1-12(2)21-17-9-13(3)6-7-15(17)20-16(10-18(21)22)14-5-4-8-19-11-14/h4-9,11-12H,10H2,1-3H3. The number of anilines is 1. The average molecular weight is 293 g/mol. The molecule has 112 valence electrons. The van der Waals surface area contributed by atoms with Gasteiger partial charge in [0, 0.05) is 24.0 Å². The number of aliphatic imine (C=N–C) groups is 1. The number of pyridine rings is 1. The van der Waals surface area contributed by atoms with Crippen molar-refractivity contribution in [3.63, 3.8) is 0 Å². The molecule has 1 aromatic heterocycles. The normalized spacial score (nSPS) is 14.6. The first kappa shape index (κ1) is 14.4. The first-order chi connectivity index (χ1) is 10.6. The molecule has 4 heteroatoms. The molecule has 0 spiro atoms. The minimum Gasteiger partial charge on any atom is -0.307 e. The Morgan fingerprint density at radius 3 is 2.73 bits per heavy atom. The van der Waals surface area contributed by atoms with E-state index in [4.69, 9.17) is 4.99 Å². The molecule has 0 aliphatic carbocycles. The zero-order valence-corrected chi connectivity index (χ0v) is 13.1. The predicted molar refractivity (Wildman–Crippen MR) is 88.9 cm³/mol. The van der Waals surface area contributed by atoms with Crippen LogP contribution in [0.4, 0.5) is 11.4 Å². The summed E-state index contributed by atoms with van der Waals surface area (Å²) >= 11 is 0. The number of amides is 1. The van der Waals surface area contributed by atoms with Crippen LogP contribution in [0, 0.1) is 6.92 Å². The van der Waals surface area contributed by atoms with E-state index in [0.29, 0.717) is 0 Å². The molecule has 0 saturated carbocycles. The summed E-state index contributed by atoms with van der Waals surface area (Å²) in [6, 6.07) is 9.94. The van der Waals surface area contributed by atoms with Crippen LogP contribution >= 0.6 is 0 Å². The third-order valence-corrected chi connectivity index (χ3v) is 3.74. The average Bonchev–Trinajstić information content (AvgIpc) is 2.63. The number of aryl methyl sites for hydroxylation is 1. The van der Waals surface area contributed by atoms with Gasteiger partial charge in [-0.3, -0.25) is 14.8 Å². The molecular weight excluding hydrogens is 274 g/mol. The van der Waals surface area contributed by atoms with Crippen LogP contribution in [0.3, 0.4) is 0 Å². The number of hydrogen-bond donors (Lipinski definition) is 0. The van der Waals surface area contributed by atoms with E-state index in [0.717, 1.165) is 28.2 Å². The molecule has 0 radical (unpaired) electrons. The van der Waals surface area contributed by atoms with Crippen LogP contribution in [-0.2, 0) is 4.79 Å². The molecule has 1 aliphatic heterocycles. The van der Waals surface area contributed by atoms with Gasteiger partial charge in [0.25, 0.3) is 0 Å². The van der Waals surface area contributed by atoms with Gasteiger partial charge in [-0.2, -0.15) is 0 Å². The first-order valence-electron chi connectivity index (χ1n) is 7.47. The van der Waals surface area contributed by atoms with E-state index in [1.54, 1.807) is 12.4 Å². The van der Waals surface area contributed by atoms with Crippen molar-refractivity contribution >= 4 is 23.0 Å². The Morgan fingerprint density at radius 2 is 2.05 bits per heavy atom. The smallest absolute Gasteiger partial charge is 0.233 e. The minimum absolute atomic E-state index is 0.0713. The maximum absolute atomic E-state index is 12.7. The summed E-state index contributed by atoms with van der Waals surface area (Å²) in [6.07, 6.45) is 3.77. The fourth-order valence-electron chi connectivity index (χ4n) is 2.73. The third kappa shape index (κ3) is 2.64. The SMILES string of the molecule is Cc1ccc2c(c1)N(C(C)C)C(=O)CC(c1cccnc1)=N2. The lowest BCUT2D eigenvalue weighted by atomic mass is 10.1. The molecule has 0 N–H and O–H groups in total. The maximum Gasteiger partial charge on any atom is 0.233 e. The van der Waals surface area contributed by atoms with Crippen LogP contribution in [-0.4, -0.2) is 22.6 Å². The predicted octanol–water partition coefficient (Wildman–Crippen LogP) is 3.66. The summed E-state index contributed by atoms with van der Waals surface area (Å²) in [6.45, 7) is 6.08. The van der Waals surface area contributed by atoms with Crippen molar-refractivity contribution in [2.45, 2.75) is 33.2 Å². The fraction of sp³-hybridized carbons (Fsp3) is 0.278. The fourth-order valence-corrected chi connectivity index (χ4v) is 2.73. The molecule has 2 aromatic rings. The number of carbonyl (C=O) groups excluding carboxylic acids is 1. The molecule has 3 rings (SSSR count). The van der Waals surface area contributed by atoms with Crippen LogP contribution < -0.4 is 4.90 Å². The highest BCUT2D eigenvalue weighted by atomic mass is 16.2. The molecule has 1 aliphatic rings. The van der Waals surface area contributed by atoms with E-state index in [1.807, 2.05) is 56.0 Å². The molecule has 2 heterocycles. The Bertz CT molecular complexity index is 735. The van der Waals surface area contributed by atoms with E-state index in [1.165, 1.54) is 0 Å². The van der Waals surface area contributed by atoms with E-state index < -0.39 is 0 Å². The zero-order chi connectivity index (χ0) is 15.7. The van der Waals surface area contributed by atoms with E-state index in [9.17, 15) is 4.79 Å².